The van der Waals surface area contributed by atoms with E-state index in [9.17, 15) is 9.59 Å². The van der Waals surface area contributed by atoms with Crippen molar-refractivity contribution in [2.75, 3.05) is 38.2 Å². The highest BCUT2D eigenvalue weighted by Crippen LogP contribution is 2.35. The van der Waals surface area contributed by atoms with Crippen LogP contribution in [0.3, 0.4) is 0 Å². The van der Waals surface area contributed by atoms with Gasteiger partial charge in [-0.3, -0.25) is 9.59 Å². The van der Waals surface area contributed by atoms with E-state index in [2.05, 4.69) is 38.4 Å². The molecule has 8 heteroatoms. The van der Waals surface area contributed by atoms with E-state index in [1.807, 2.05) is 29.2 Å². The number of rotatable bonds is 7. The lowest BCUT2D eigenvalue weighted by Crippen LogP contribution is -2.45. The van der Waals surface area contributed by atoms with Gasteiger partial charge in [0.2, 0.25) is 17.8 Å². The van der Waals surface area contributed by atoms with E-state index in [1.165, 1.54) is 0 Å². The van der Waals surface area contributed by atoms with Crippen molar-refractivity contribution in [2.24, 2.45) is 0 Å². The van der Waals surface area contributed by atoms with Gasteiger partial charge >= 0.3 is 0 Å². The Morgan fingerprint density at radius 3 is 2.58 bits per heavy atom. The fraction of sp³-hybridized carbons (Fsp3) is 0.429. The number of hydrogen-bond donors (Lipinski definition) is 1. The number of carbonyl (C=O) groups is 2. The van der Waals surface area contributed by atoms with Crippen molar-refractivity contribution in [2.45, 2.75) is 44.1 Å². The molecule has 2 aromatic carbocycles. The highest BCUT2D eigenvalue weighted by Gasteiger charge is 2.38. The zero-order valence-corrected chi connectivity index (χ0v) is 20.8. The molecule has 3 heterocycles. The van der Waals surface area contributed by atoms with Crippen molar-refractivity contribution >= 4 is 28.5 Å². The van der Waals surface area contributed by atoms with E-state index in [0.29, 0.717) is 38.2 Å². The number of carbonyl (C=O) groups excluding carboxylic acids is 2. The largest absolute Gasteiger partial charge is 0.496 e. The highest BCUT2D eigenvalue weighted by molar-refractivity contribution is 5.91. The maximum absolute atomic E-state index is 13.3. The number of methoxy groups -OCH3 is 1. The Hall–Kier alpha value is -3.68. The molecule has 1 aromatic heterocycles. The van der Waals surface area contributed by atoms with Gasteiger partial charge in [0.15, 0.2) is 0 Å². The Morgan fingerprint density at radius 1 is 1.03 bits per heavy atom. The molecule has 36 heavy (non-hydrogen) atoms. The molecule has 3 aromatic rings. The number of ether oxygens (including phenoxy) is 1. The summed E-state index contributed by atoms with van der Waals surface area (Å²) in [6.07, 6.45) is 7.33. The number of nitrogens with zero attached hydrogens (tertiary/aromatic N) is 4. The third-order valence-corrected chi connectivity index (χ3v) is 7.46. The molecule has 0 aliphatic carbocycles. The molecule has 2 aliphatic rings. The summed E-state index contributed by atoms with van der Waals surface area (Å²) in [5.74, 6) is 1.76. The molecule has 0 spiro atoms. The van der Waals surface area contributed by atoms with E-state index in [1.54, 1.807) is 19.5 Å². The number of aromatic nitrogens is 2. The van der Waals surface area contributed by atoms with E-state index >= 15 is 0 Å². The van der Waals surface area contributed by atoms with Crippen molar-refractivity contribution in [3.05, 3.63) is 60.4 Å². The van der Waals surface area contributed by atoms with Crippen molar-refractivity contribution < 1.29 is 14.3 Å². The summed E-state index contributed by atoms with van der Waals surface area (Å²) in [6, 6.07) is 14.1. The molecule has 188 valence electrons. The van der Waals surface area contributed by atoms with Crippen LogP contribution in [0, 0.1) is 0 Å². The molecule has 2 fully saturated rings. The number of nitrogens with one attached hydrogen (secondary N) is 1. The first-order valence-corrected chi connectivity index (χ1v) is 12.7. The molecular weight excluding hydrogens is 454 g/mol. The monoisotopic (exact) mass is 487 g/mol. The minimum atomic E-state index is -0.417. The first kappa shape index (κ1) is 24.0. The first-order chi connectivity index (χ1) is 17.6. The maximum atomic E-state index is 13.3. The summed E-state index contributed by atoms with van der Waals surface area (Å²) in [5.41, 5.74) is 0.745. The van der Waals surface area contributed by atoms with E-state index < -0.39 is 5.54 Å². The zero-order valence-electron chi connectivity index (χ0n) is 20.8. The van der Waals surface area contributed by atoms with Crippen LogP contribution < -0.4 is 15.0 Å². The van der Waals surface area contributed by atoms with Gasteiger partial charge < -0.3 is 19.9 Å². The number of benzene rings is 2. The average molecular weight is 488 g/mol. The molecule has 0 bridgehead atoms. The Bertz CT molecular complexity index is 1230. The first-order valence-electron chi connectivity index (χ1n) is 12.7. The van der Waals surface area contributed by atoms with Gasteiger partial charge in [-0.05, 0) is 48.8 Å². The Kier molecular flexibility index (Phi) is 7.02. The fourth-order valence-corrected chi connectivity index (χ4v) is 5.54. The van der Waals surface area contributed by atoms with Gasteiger partial charge in [0.05, 0.1) is 7.11 Å². The normalized spacial score (nSPS) is 20.3. The molecule has 2 amide bonds. The van der Waals surface area contributed by atoms with Gasteiger partial charge in [0.25, 0.3) is 0 Å². The SMILES string of the molecule is COc1ccc(CC2(CCC(=O)N3CCCN(c4ncccn4)CC3)CCC(=O)N2)c2ccccc12. The summed E-state index contributed by atoms with van der Waals surface area (Å²) < 4.78 is 5.56. The van der Waals surface area contributed by atoms with Gasteiger partial charge in [0.1, 0.15) is 5.75 Å². The minimum absolute atomic E-state index is 0.0635. The summed E-state index contributed by atoms with van der Waals surface area (Å²) in [5, 5.41) is 5.43. The molecule has 2 aliphatic heterocycles. The number of hydrogen-bond acceptors (Lipinski definition) is 6. The molecule has 2 saturated heterocycles. The zero-order chi connectivity index (χ0) is 25.0. The second-order valence-electron chi connectivity index (χ2n) is 9.75. The maximum Gasteiger partial charge on any atom is 0.225 e. The summed E-state index contributed by atoms with van der Waals surface area (Å²) >= 11 is 0. The van der Waals surface area contributed by atoms with Crippen molar-refractivity contribution in [3.63, 3.8) is 0 Å². The molecule has 5 rings (SSSR count). The minimum Gasteiger partial charge on any atom is -0.496 e. The number of anilines is 1. The molecule has 1 atom stereocenters. The number of amides is 2. The van der Waals surface area contributed by atoms with Gasteiger partial charge in [-0.2, -0.15) is 0 Å². The van der Waals surface area contributed by atoms with Crippen molar-refractivity contribution in [3.8, 4) is 5.75 Å². The van der Waals surface area contributed by atoms with Crippen LogP contribution in [0.25, 0.3) is 10.8 Å². The fourth-order valence-electron chi connectivity index (χ4n) is 5.54. The third-order valence-electron chi connectivity index (χ3n) is 7.46. The molecule has 1 unspecified atom stereocenters. The van der Waals surface area contributed by atoms with Crippen LogP contribution in [0.15, 0.2) is 54.9 Å². The predicted molar refractivity (Wildman–Crippen MR) is 139 cm³/mol. The quantitative estimate of drug-likeness (QED) is 0.550. The summed E-state index contributed by atoms with van der Waals surface area (Å²) in [4.78, 5) is 38.4. The van der Waals surface area contributed by atoms with Crippen LogP contribution >= 0.6 is 0 Å². The van der Waals surface area contributed by atoms with E-state index in [0.717, 1.165) is 54.6 Å². The van der Waals surface area contributed by atoms with Crippen LogP contribution in [-0.2, 0) is 16.0 Å². The Labute approximate surface area is 211 Å². The van der Waals surface area contributed by atoms with Crippen LogP contribution in [0.2, 0.25) is 0 Å². The topological polar surface area (TPSA) is 87.7 Å². The molecule has 0 saturated carbocycles. The molecule has 0 radical (unpaired) electrons. The van der Waals surface area contributed by atoms with Crippen molar-refractivity contribution in [1.29, 1.82) is 0 Å². The van der Waals surface area contributed by atoms with Crippen LogP contribution in [-0.4, -0.2) is 65.5 Å². The third kappa shape index (κ3) is 5.12. The van der Waals surface area contributed by atoms with Gasteiger partial charge in [-0.1, -0.05) is 30.3 Å². The lowest BCUT2D eigenvalue weighted by atomic mass is 9.83. The van der Waals surface area contributed by atoms with Crippen LogP contribution in [0.5, 0.6) is 5.75 Å². The van der Waals surface area contributed by atoms with Gasteiger partial charge in [0, 0.05) is 62.3 Å². The van der Waals surface area contributed by atoms with E-state index in [-0.39, 0.29) is 11.8 Å². The Morgan fingerprint density at radius 2 is 1.83 bits per heavy atom. The smallest absolute Gasteiger partial charge is 0.225 e. The average Bonchev–Trinajstić information content (AvgIpc) is 3.11. The summed E-state index contributed by atoms with van der Waals surface area (Å²) in [7, 11) is 1.68. The standard InChI is InChI=1S/C28H33N5O3/c1-36-24-9-8-21(22-6-2-3-7-23(22)24)20-28(12-10-25(34)31-28)13-11-26(35)32-16-5-17-33(19-18-32)27-29-14-4-15-30-27/h2-4,6-9,14-15H,5,10-13,16-20H2,1H3,(H,31,34). The summed E-state index contributed by atoms with van der Waals surface area (Å²) in [6.45, 7) is 2.93. The van der Waals surface area contributed by atoms with Crippen LogP contribution in [0.4, 0.5) is 5.95 Å². The van der Waals surface area contributed by atoms with E-state index in [4.69, 9.17) is 4.74 Å². The lowest BCUT2D eigenvalue weighted by molar-refractivity contribution is -0.131. The second-order valence-corrected chi connectivity index (χ2v) is 9.75. The van der Waals surface area contributed by atoms with Crippen molar-refractivity contribution in [1.82, 2.24) is 20.2 Å². The van der Waals surface area contributed by atoms with Crippen LogP contribution in [0.1, 0.15) is 37.7 Å². The lowest BCUT2D eigenvalue weighted by Gasteiger charge is -2.31. The number of fused-ring (bicyclic) bond motifs is 1. The molecule has 1 N–H and O–H groups in total. The van der Waals surface area contributed by atoms with Gasteiger partial charge in [-0.15, -0.1) is 0 Å². The molecule has 8 nitrogen and oxygen atoms in total. The second kappa shape index (κ2) is 10.5. The highest BCUT2D eigenvalue weighted by atomic mass is 16.5. The predicted octanol–water partition coefficient (Wildman–Crippen LogP) is 3.35. The van der Waals surface area contributed by atoms with Gasteiger partial charge in [-0.25, -0.2) is 9.97 Å². The molecular formula is C28H33N5O3. The Balaban J connectivity index is 1.27.